The molecule has 132 valence electrons. The van der Waals surface area contributed by atoms with Gasteiger partial charge < -0.3 is 10.6 Å². The third-order valence-corrected chi connectivity index (χ3v) is 4.54. The lowest BCUT2D eigenvalue weighted by Crippen LogP contribution is -1.96. The van der Waals surface area contributed by atoms with Crippen LogP contribution in [0.3, 0.4) is 0 Å². The summed E-state index contributed by atoms with van der Waals surface area (Å²) in [6, 6.07) is 34.6. The molecule has 4 aromatic carbocycles. The minimum absolute atomic E-state index is 0.731. The number of benzene rings is 4. The van der Waals surface area contributed by atoms with Gasteiger partial charge in [-0.15, -0.1) is 0 Å². The molecule has 0 aliphatic heterocycles. The van der Waals surface area contributed by atoms with E-state index in [1.807, 2.05) is 60.7 Å². The van der Waals surface area contributed by atoms with Crippen molar-refractivity contribution in [3.63, 3.8) is 0 Å². The van der Waals surface area contributed by atoms with Gasteiger partial charge in [0.1, 0.15) is 0 Å². The highest BCUT2D eigenvalue weighted by Gasteiger charge is 2.08. The second-order valence-electron chi connectivity index (χ2n) is 6.25. The van der Waals surface area contributed by atoms with Crippen LogP contribution in [-0.2, 0) is 0 Å². The molecule has 4 rings (SSSR count). The van der Waals surface area contributed by atoms with Gasteiger partial charge in [-0.05, 0) is 60.2 Å². The molecular weight excluding hydrogens is 352 g/mol. The first kappa shape index (κ1) is 17.2. The van der Waals surface area contributed by atoms with Crippen LogP contribution >= 0.6 is 11.6 Å². The number of para-hydroxylation sites is 2. The van der Waals surface area contributed by atoms with Crippen molar-refractivity contribution in [1.29, 1.82) is 0 Å². The highest BCUT2D eigenvalue weighted by Crippen LogP contribution is 2.34. The van der Waals surface area contributed by atoms with E-state index >= 15 is 0 Å². The molecule has 0 unspecified atom stereocenters. The highest BCUT2D eigenvalue weighted by atomic mass is 35.5. The molecule has 0 heterocycles. The van der Waals surface area contributed by atoms with Gasteiger partial charge >= 0.3 is 0 Å². The van der Waals surface area contributed by atoms with Gasteiger partial charge in [0, 0.05) is 33.3 Å². The van der Waals surface area contributed by atoms with Crippen LogP contribution in [0.25, 0.3) is 11.1 Å². The van der Waals surface area contributed by atoms with Crippen LogP contribution < -0.4 is 10.6 Å². The Hall–Kier alpha value is -3.23. The Morgan fingerprint density at radius 1 is 0.519 bits per heavy atom. The van der Waals surface area contributed by atoms with E-state index < -0.39 is 0 Å². The van der Waals surface area contributed by atoms with Crippen molar-refractivity contribution in [1.82, 2.24) is 0 Å². The van der Waals surface area contributed by atoms with Crippen LogP contribution in [0, 0.1) is 0 Å². The molecule has 0 aliphatic rings. The maximum absolute atomic E-state index is 6.08. The number of hydrogen-bond donors (Lipinski definition) is 2. The molecule has 0 amide bonds. The van der Waals surface area contributed by atoms with Crippen molar-refractivity contribution in [2.45, 2.75) is 0 Å². The van der Waals surface area contributed by atoms with Gasteiger partial charge in [0.15, 0.2) is 0 Å². The minimum atomic E-state index is 0.731. The first-order valence-electron chi connectivity index (χ1n) is 8.82. The Kier molecular flexibility index (Phi) is 5.08. The molecule has 3 heteroatoms. The fraction of sp³-hybridized carbons (Fsp3) is 0. The number of anilines is 4. The lowest BCUT2D eigenvalue weighted by molar-refractivity contribution is 1.50. The first-order valence-corrected chi connectivity index (χ1v) is 9.20. The van der Waals surface area contributed by atoms with Crippen LogP contribution in [0.4, 0.5) is 22.7 Å². The summed E-state index contributed by atoms with van der Waals surface area (Å²) in [6.07, 6.45) is 0. The zero-order valence-corrected chi connectivity index (χ0v) is 15.4. The number of halogens is 1. The Morgan fingerprint density at radius 3 is 1.74 bits per heavy atom. The van der Waals surface area contributed by atoms with Crippen LogP contribution in [-0.4, -0.2) is 0 Å². The standard InChI is InChI=1S/C24H19ClN2/c25-19-13-11-18(12-14-19)23-17-22(26-20-7-3-1-4-8-20)15-16-24(23)27-21-9-5-2-6-10-21/h1-17,26-27H. The molecule has 0 bridgehead atoms. The molecule has 0 saturated carbocycles. The number of rotatable bonds is 5. The van der Waals surface area contributed by atoms with Crippen molar-refractivity contribution in [2.24, 2.45) is 0 Å². The lowest BCUT2D eigenvalue weighted by atomic mass is 10.0. The molecular formula is C24H19ClN2. The molecule has 27 heavy (non-hydrogen) atoms. The van der Waals surface area contributed by atoms with E-state index in [4.69, 9.17) is 11.6 Å². The van der Waals surface area contributed by atoms with Crippen molar-refractivity contribution >= 4 is 34.4 Å². The Labute approximate surface area is 164 Å². The van der Waals surface area contributed by atoms with Crippen molar-refractivity contribution in [3.8, 4) is 11.1 Å². The Bertz CT molecular complexity index is 1010. The van der Waals surface area contributed by atoms with Crippen LogP contribution in [0.15, 0.2) is 103 Å². The van der Waals surface area contributed by atoms with E-state index in [-0.39, 0.29) is 0 Å². The summed E-state index contributed by atoms with van der Waals surface area (Å²) in [6.45, 7) is 0. The average Bonchev–Trinajstić information content (AvgIpc) is 2.71. The molecule has 0 atom stereocenters. The van der Waals surface area contributed by atoms with E-state index in [2.05, 4.69) is 53.1 Å². The first-order chi connectivity index (χ1) is 13.3. The van der Waals surface area contributed by atoms with Gasteiger partial charge in [0.25, 0.3) is 0 Å². The lowest BCUT2D eigenvalue weighted by Gasteiger charge is -2.15. The fourth-order valence-corrected chi connectivity index (χ4v) is 3.09. The van der Waals surface area contributed by atoms with Gasteiger partial charge in [-0.1, -0.05) is 60.1 Å². The van der Waals surface area contributed by atoms with E-state index in [9.17, 15) is 0 Å². The summed E-state index contributed by atoms with van der Waals surface area (Å²) in [7, 11) is 0. The summed E-state index contributed by atoms with van der Waals surface area (Å²) in [5.74, 6) is 0. The third-order valence-electron chi connectivity index (χ3n) is 4.29. The molecule has 0 saturated heterocycles. The topological polar surface area (TPSA) is 24.1 Å². The fourth-order valence-electron chi connectivity index (χ4n) is 2.96. The van der Waals surface area contributed by atoms with Crippen LogP contribution in [0.1, 0.15) is 0 Å². The smallest absolute Gasteiger partial charge is 0.0465 e. The van der Waals surface area contributed by atoms with Crippen molar-refractivity contribution < 1.29 is 0 Å². The van der Waals surface area contributed by atoms with Gasteiger partial charge in [-0.2, -0.15) is 0 Å². The molecule has 0 aliphatic carbocycles. The summed E-state index contributed by atoms with van der Waals surface area (Å²) >= 11 is 6.08. The minimum Gasteiger partial charge on any atom is -0.356 e. The van der Waals surface area contributed by atoms with E-state index in [1.165, 1.54) is 0 Å². The van der Waals surface area contributed by atoms with E-state index in [0.717, 1.165) is 38.9 Å². The number of hydrogen-bond acceptors (Lipinski definition) is 2. The predicted molar refractivity (Wildman–Crippen MR) is 116 cm³/mol. The summed E-state index contributed by atoms with van der Waals surface area (Å²) in [4.78, 5) is 0. The zero-order chi connectivity index (χ0) is 18.5. The molecule has 2 N–H and O–H groups in total. The van der Waals surface area contributed by atoms with E-state index in [0.29, 0.717) is 0 Å². The van der Waals surface area contributed by atoms with Gasteiger partial charge in [0.05, 0.1) is 0 Å². The van der Waals surface area contributed by atoms with Crippen molar-refractivity contribution in [2.75, 3.05) is 10.6 Å². The summed E-state index contributed by atoms with van der Waals surface area (Å²) in [5.41, 5.74) is 6.40. The Balaban J connectivity index is 1.72. The largest absolute Gasteiger partial charge is 0.356 e. The van der Waals surface area contributed by atoms with E-state index in [1.54, 1.807) is 0 Å². The maximum Gasteiger partial charge on any atom is 0.0465 e. The van der Waals surface area contributed by atoms with Crippen LogP contribution in [0.2, 0.25) is 5.02 Å². The zero-order valence-electron chi connectivity index (χ0n) is 14.7. The monoisotopic (exact) mass is 370 g/mol. The van der Waals surface area contributed by atoms with Gasteiger partial charge in [0.2, 0.25) is 0 Å². The van der Waals surface area contributed by atoms with Gasteiger partial charge in [-0.25, -0.2) is 0 Å². The highest BCUT2D eigenvalue weighted by molar-refractivity contribution is 6.30. The molecule has 0 fully saturated rings. The normalized spacial score (nSPS) is 10.4. The molecule has 2 nitrogen and oxygen atoms in total. The van der Waals surface area contributed by atoms with Crippen molar-refractivity contribution in [3.05, 3.63) is 108 Å². The third kappa shape index (κ3) is 4.30. The quantitative estimate of drug-likeness (QED) is 0.380. The molecule has 0 aromatic heterocycles. The molecule has 0 radical (unpaired) electrons. The van der Waals surface area contributed by atoms with Gasteiger partial charge in [-0.3, -0.25) is 0 Å². The average molecular weight is 371 g/mol. The predicted octanol–water partition coefficient (Wildman–Crippen LogP) is 7.49. The summed E-state index contributed by atoms with van der Waals surface area (Å²) in [5, 5.41) is 7.71. The second-order valence-corrected chi connectivity index (χ2v) is 6.69. The maximum atomic E-state index is 6.08. The number of nitrogens with one attached hydrogen (secondary N) is 2. The SMILES string of the molecule is Clc1ccc(-c2cc(Nc3ccccc3)ccc2Nc2ccccc2)cc1. The summed E-state index contributed by atoms with van der Waals surface area (Å²) < 4.78 is 0. The second kappa shape index (κ2) is 7.98. The molecule has 0 spiro atoms. The molecule has 4 aromatic rings. The Morgan fingerprint density at radius 2 is 1.11 bits per heavy atom. The van der Waals surface area contributed by atoms with Crippen LogP contribution in [0.5, 0.6) is 0 Å².